The van der Waals surface area contributed by atoms with Crippen molar-refractivity contribution in [2.45, 2.75) is 44.8 Å². The van der Waals surface area contributed by atoms with Crippen LogP contribution in [0.25, 0.3) is 0 Å². The summed E-state index contributed by atoms with van der Waals surface area (Å²) in [5, 5.41) is 22.7. The molecule has 118 valence electrons. The number of aliphatic hydroxyl groups excluding tert-OH is 2. The van der Waals surface area contributed by atoms with Crippen molar-refractivity contribution in [1.29, 1.82) is 0 Å². The minimum absolute atomic E-state index is 0.129. The lowest BCUT2D eigenvalue weighted by molar-refractivity contribution is 0.105. The Morgan fingerprint density at radius 1 is 1.38 bits per heavy atom. The van der Waals surface area contributed by atoms with Crippen LogP contribution in [0.15, 0.2) is 24.3 Å². The van der Waals surface area contributed by atoms with Crippen molar-refractivity contribution in [1.82, 2.24) is 5.32 Å². The smallest absolute Gasteiger partial charge is 0.119 e. The van der Waals surface area contributed by atoms with Crippen LogP contribution >= 0.6 is 0 Å². The number of rotatable bonds is 8. The monoisotopic (exact) mass is 293 g/mol. The summed E-state index contributed by atoms with van der Waals surface area (Å²) < 4.78 is 5.62. The van der Waals surface area contributed by atoms with Crippen LogP contribution in [-0.2, 0) is 6.42 Å². The minimum Gasteiger partial charge on any atom is -0.491 e. The van der Waals surface area contributed by atoms with E-state index in [1.165, 1.54) is 5.56 Å². The zero-order valence-corrected chi connectivity index (χ0v) is 12.8. The van der Waals surface area contributed by atoms with Crippen LogP contribution < -0.4 is 10.1 Å². The van der Waals surface area contributed by atoms with E-state index >= 15 is 0 Å². The molecule has 3 N–H and O–H groups in total. The maximum Gasteiger partial charge on any atom is 0.119 e. The summed E-state index contributed by atoms with van der Waals surface area (Å²) in [6.07, 6.45) is 3.20. The minimum atomic E-state index is -0.512. The van der Waals surface area contributed by atoms with E-state index in [-0.39, 0.29) is 6.10 Å². The number of aliphatic hydroxyl groups is 2. The fourth-order valence-corrected chi connectivity index (χ4v) is 2.79. The molecule has 1 aromatic carbocycles. The van der Waals surface area contributed by atoms with E-state index in [0.717, 1.165) is 38.0 Å². The molecule has 4 nitrogen and oxygen atoms in total. The van der Waals surface area contributed by atoms with Crippen LogP contribution in [0.4, 0.5) is 0 Å². The number of nitrogens with one attached hydrogen (secondary N) is 1. The van der Waals surface area contributed by atoms with Gasteiger partial charge < -0.3 is 20.3 Å². The van der Waals surface area contributed by atoms with E-state index in [1.807, 2.05) is 18.2 Å². The summed E-state index contributed by atoms with van der Waals surface area (Å²) >= 11 is 0. The van der Waals surface area contributed by atoms with Crippen molar-refractivity contribution in [2.24, 2.45) is 5.92 Å². The second-order valence-electron chi connectivity index (χ2n) is 5.96. The summed E-state index contributed by atoms with van der Waals surface area (Å²) in [5.41, 5.74) is 1.24. The van der Waals surface area contributed by atoms with Gasteiger partial charge in [0.25, 0.3) is 0 Å². The third-order valence-corrected chi connectivity index (χ3v) is 4.08. The first-order chi connectivity index (χ1) is 10.2. The topological polar surface area (TPSA) is 61.7 Å². The number of ether oxygens (including phenoxy) is 1. The average Bonchev–Trinajstić information content (AvgIpc) is 2.91. The molecule has 21 heavy (non-hydrogen) atoms. The highest BCUT2D eigenvalue weighted by Gasteiger charge is 2.22. The molecule has 1 aliphatic carbocycles. The number of benzene rings is 1. The lowest BCUT2D eigenvalue weighted by Gasteiger charge is -2.15. The predicted molar refractivity (Wildman–Crippen MR) is 83.5 cm³/mol. The molecule has 1 fully saturated rings. The van der Waals surface area contributed by atoms with Gasteiger partial charge in [-0.2, -0.15) is 0 Å². The highest BCUT2D eigenvalue weighted by Crippen LogP contribution is 2.24. The maximum absolute atomic E-state index is 9.93. The zero-order valence-electron chi connectivity index (χ0n) is 12.8. The molecular formula is C17H27NO3. The van der Waals surface area contributed by atoms with Crippen molar-refractivity contribution in [3.63, 3.8) is 0 Å². The molecule has 0 bridgehead atoms. The normalized spacial score (nSPS) is 23.2. The van der Waals surface area contributed by atoms with Crippen LogP contribution in [0.2, 0.25) is 0 Å². The largest absolute Gasteiger partial charge is 0.491 e. The Morgan fingerprint density at radius 2 is 2.24 bits per heavy atom. The van der Waals surface area contributed by atoms with Gasteiger partial charge in [-0.15, -0.1) is 0 Å². The Morgan fingerprint density at radius 3 is 2.95 bits per heavy atom. The van der Waals surface area contributed by atoms with E-state index in [4.69, 9.17) is 4.74 Å². The summed E-state index contributed by atoms with van der Waals surface area (Å²) in [6.45, 7) is 3.80. The molecule has 0 saturated heterocycles. The summed E-state index contributed by atoms with van der Waals surface area (Å²) in [5.74, 6) is 1.35. The van der Waals surface area contributed by atoms with Gasteiger partial charge in [-0.1, -0.05) is 19.1 Å². The van der Waals surface area contributed by atoms with Gasteiger partial charge >= 0.3 is 0 Å². The maximum atomic E-state index is 9.93. The van der Waals surface area contributed by atoms with Gasteiger partial charge in [0.05, 0.1) is 6.10 Å². The number of aryl methyl sites for hydroxylation is 1. The molecule has 1 aromatic rings. The molecule has 1 saturated carbocycles. The first kappa shape index (κ1) is 16.3. The molecular weight excluding hydrogens is 266 g/mol. The number of hydrogen-bond acceptors (Lipinski definition) is 4. The van der Waals surface area contributed by atoms with E-state index in [0.29, 0.717) is 19.1 Å². The van der Waals surface area contributed by atoms with Crippen molar-refractivity contribution in [2.75, 3.05) is 19.7 Å². The van der Waals surface area contributed by atoms with E-state index in [2.05, 4.69) is 18.3 Å². The molecule has 3 atom stereocenters. The lowest BCUT2D eigenvalue weighted by Crippen LogP contribution is -2.34. The quantitative estimate of drug-likeness (QED) is 0.683. The van der Waals surface area contributed by atoms with E-state index in [9.17, 15) is 10.2 Å². The van der Waals surface area contributed by atoms with E-state index in [1.54, 1.807) is 0 Å². The SMILES string of the molecule is CCc1cccc(OCC(O)CNCC2CCC(O)C2)c1. The fraction of sp³-hybridized carbons (Fsp3) is 0.647. The highest BCUT2D eigenvalue weighted by molar-refractivity contribution is 5.28. The Kier molecular flexibility index (Phi) is 6.49. The third kappa shape index (κ3) is 5.65. The van der Waals surface area contributed by atoms with E-state index < -0.39 is 6.10 Å². The molecule has 2 rings (SSSR count). The second kappa shape index (κ2) is 8.37. The van der Waals surface area contributed by atoms with Gasteiger partial charge in [0.2, 0.25) is 0 Å². The van der Waals surface area contributed by atoms with Crippen molar-refractivity contribution in [3.05, 3.63) is 29.8 Å². The van der Waals surface area contributed by atoms with Gasteiger partial charge in [-0.3, -0.25) is 0 Å². The third-order valence-electron chi connectivity index (χ3n) is 4.08. The molecule has 4 heteroatoms. The molecule has 0 amide bonds. The summed E-state index contributed by atoms with van der Waals surface area (Å²) in [4.78, 5) is 0. The molecule has 0 aliphatic heterocycles. The molecule has 0 heterocycles. The van der Waals surface area contributed by atoms with Crippen LogP contribution in [0.5, 0.6) is 5.75 Å². The summed E-state index contributed by atoms with van der Waals surface area (Å²) in [7, 11) is 0. The molecule has 0 spiro atoms. The Labute approximate surface area is 127 Å². The molecule has 0 radical (unpaired) electrons. The zero-order chi connectivity index (χ0) is 15.1. The van der Waals surface area contributed by atoms with Gasteiger partial charge in [0, 0.05) is 6.54 Å². The Bertz CT molecular complexity index is 424. The standard InChI is InChI=1S/C17H27NO3/c1-2-13-4-3-5-17(9-13)21-12-16(20)11-18-10-14-6-7-15(19)8-14/h3-5,9,14-16,18-20H,2,6-8,10-12H2,1H3. The van der Waals surface area contributed by atoms with Gasteiger partial charge in [0.15, 0.2) is 0 Å². The van der Waals surface area contributed by atoms with Crippen LogP contribution in [0.1, 0.15) is 31.7 Å². The van der Waals surface area contributed by atoms with Gasteiger partial charge in [0.1, 0.15) is 18.5 Å². The number of hydrogen-bond donors (Lipinski definition) is 3. The van der Waals surface area contributed by atoms with Gasteiger partial charge in [-0.25, -0.2) is 0 Å². The van der Waals surface area contributed by atoms with Crippen LogP contribution in [-0.4, -0.2) is 42.1 Å². The predicted octanol–water partition coefficient (Wildman–Crippen LogP) is 1.74. The first-order valence-corrected chi connectivity index (χ1v) is 7.96. The Hall–Kier alpha value is -1.10. The Balaban J connectivity index is 1.61. The van der Waals surface area contributed by atoms with Crippen molar-refractivity contribution < 1.29 is 14.9 Å². The van der Waals surface area contributed by atoms with Crippen molar-refractivity contribution in [3.8, 4) is 5.75 Å². The second-order valence-corrected chi connectivity index (χ2v) is 5.96. The van der Waals surface area contributed by atoms with Crippen LogP contribution in [0.3, 0.4) is 0 Å². The molecule has 0 aromatic heterocycles. The highest BCUT2D eigenvalue weighted by atomic mass is 16.5. The lowest BCUT2D eigenvalue weighted by atomic mass is 10.1. The summed E-state index contributed by atoms with van der Waals surface area (Å²) in [6, 6.07) is 7.98. The fourth-order valence-electron chi connectivity index (χ4n) is 2.79. The molecule has 3 unspecified atom stereocenters. The average molecular weight is 293 g/mol. The van der Waals surface area contributed by atoms with Crippen LogP contribution in [0, 0.1) is 5.92 Å². The van der Waals surface area contributed by atoms with Gasteiger partial charge in [-0.05, 0) is 55.8 Å². The molecule has 1 aliphatic rings. The first-order valence-electron chi connectivity index (χ1n) is 7.96. The van der Waals surface area contributed by atoms with Crippen molar-refractivity contribution >= 4 is 0 Å².